The number of benzene rings is 9. The fourth-order valence-corrected chi connectivity index (χ4v) is 13.5. The molecule has 9 aromatic carbocycles. The third-order valence-electron chi connectivity index (χ3n) is 9.13. The average molecular weight is 952 g/mol. The standard InChI is InChI=1S/3C18H15P.CO.ClH.Ru/c3*1-4-10-16(11-5-1)19(17-12-6-2-7-13-17)18-14-8-3-9-15-18;1-2;;/h3*1-15H;;1H;. The van der Waals surface area contributed by atoms with Crippen molar-refractivity contribution in [2.75, 3.05) is 0 Å². The molecule has 61 heavy (non-hydrogen) atoms. The molecule has 0 spiro atoms. The van der Waals surface area contributed by atoms with E-state index in [9.17, 15) is 0 Å². The summed E-state index contributed by atoms with van der Waals surface area (Å²) in [7, 11) is -1.34. The van der Waals surface area contributed by atoms with Gasteiger partial charge in [0.2, 0.25) is 0 Å². The summed E-state index contributed by atoms with van der Waals surface area (Å²) in [5.41, 5.74) is 0. The molecule has 0 saturated heterocycles. The summed E-state index contributed by atoms with van der Waals surface area (Å²) in [5.74, 6) is 0. The van der Waals surface area contributed by atoms with E-state index in [0.717, 1.165) is 0 Å². The van der Waals surface area contributed by atoms with E-state index in [0.29, 0.717) is 0 Å². The first-order valence-electron chi connectivity index (χ1n) is 19.6. The van der Waals surface area contributed by atoms with Crippen LogP contribution in [0.4, 0.5) is 0 Å². The maximum atomic E-state index is 8.65. The molecule has 0 aliphatic rings. The summed E-state index contributed by atoms with van der Waals surface area (Å²) in [6.45, 7) is 0. The first-order valence-corrected chi connectivity index (χ1v) is 24.5. The van der Waals surface area contributed by atoms with Gasteiger partial charge < -0.3 is 0 Å². The SMILES string of the molecule is Cl.O=[C]=[Ru].c1ccc(P(c2ccccc2)c2ccccc2)cc1.c1ccc(P(c2ccccc2)c2ccccc2)cc1.c1ccc(P(c2ccccc2)c2ccccc2)cc1. The summed E-state index contributed by atoms with van der Waals surface area (Å²) >= 11 is 1.70. The fraction of sp³-hybridized carbons (Fsp3) is 0. The van der Waals surface area contributed by atoms with Crippen molar-refractivity contribution < 1.29 is 22.6 Å². The number of carbonyl (C=O) groups excluding carboxylic acids is 1. The zero-order valence-corrected chi connectivity index (χ0v) is 38.7. The maximum Gasteiger partial charge on any atom is -0.0134 e. The van der Waals surface area contributed by atoms with E-state index < -0.39 is 23.8 Å². The van der Waals surface area contributed by atoms with Gasteiger partial charge in [0.25, 0.3) is 0 Å². The summed E-state index contributed by atoms with van der Waals surface area (Å²) < 4.78 is 1.43. The number of hydrogen-bond donors (Lipinski definition) is 0. The van der Waals surface area contributed by atoms with Gasteiger partial charge in [0, 0.05) is 0 Å². The van der Waals surface area contributed by atoms with Crippen molar-refractivity contribution in [1.82, 2.24) is 0 Å². The van der Waals surface area contributed by atoms with Gasteiger partial charge in [-0.15, -0.1) is 12.4 Å². The van der Waals surface area contributed by atoms with Crippen LogP contribution >= 0.6 is 36.2 Å². The van der Waals surface area contributed by atoms with Crippen LogP contribution in [0.5, 0.6) is 0 Å². The molecule has 6 heteroatoms. The van der Waals surface area contributed by atoms with Gasteiger partial charge in [-0.25, -0.2) is 0 Å². The molecule has 302 valence electrons. The molecule has 0 heterocycles. The molecule has 0 aromatic heterocycles. The third-order valence-corrected chi connectivity index (χ3v) is 16.5. The van der Waals surface area contributed by atoms with Crippen LogP contribution in [0.3, 0.4) is 0 Å². The van der Waals surface area contributed by atoms with Gasteiger partial charge >= 0.3 is 27.1 Å². The van der Waals surface area contributed by atoms with E-state index in [1.165, 1.54) is 52.2 Å². The molecule has 1 nitrogen and oxygen atoms in total. The van der Waals surface area contributed by atoms with Crippen LogP contribution in [-0.4, -0.2) is 4.47 Å². The van der Waals surface area contributed by atoms with Crippen LogP contribution in [0, 0.1) is 0 Å². The molecule has 0 saturated carbocycles. The Morgan fingerprint density at radius 3 is 0.393 bits per heavy atom. The van der Waals surface area contributed by atoms with Crippen molar-refractivity contribution >= 4 is 88.4 Å². The number of rotatable bonds is 9. The molecule has 0 bridgehead atoms. The van der Waals surface area contributed by atoms with Gasteiger partial charge in [-0.1, -0.05) is 273 Å². The van der Waals surface area contributed by atoms with Gasteiger partial charge in [0.1, 0.15) is 0 Å². The molecule has 9 aromatic rings. The molecule has 0 unspecified atom stereocenters. The second-order valence-electron chi connectivity index (χ2n) is 13.1. The monoisotopic (exact) mass is 952 g/mol. The Bertz CT molecular complexity index is 1970. The second-order valence-corrected chi connectivity index (χ2v) is 20.1. The van der Waals surface area contributed by atoms with Gasteiger partial charge in [-0.05, 0) is 71.5 Å². The quantitative estimate of drug-likeness (QED) is 0.104. The summed E-state index contributed by atoms with van der Waals surface area (Å²) in [6.07, 6.45) is 0. The van der Waals surface area contributed by atoms with Crippen molar-refractivity contribution in [2.24, 2.45) is 0 Å². The Balaban J connectivity index is 0.000000166. The molecular formula is C55H46ClOP3Ru. The van der Waals surface area contributed by atoms with Crippen molar-refractivity contribution in [3.8, 4) is 0 Å². The molecular weight excluding hydrogens is 906 g/mol. The molecule has 0 atom stereocenters. The fourth-order valence-electron chi connectivity index (χ4n) is 6.54. The zero-order chi connectivity index (χ0) is 41.5. The zero-order valence-electron chi connectivity index (χ0n) is 33.5. The molecule has 0 aliphatic carbocycles. The van der Waals surface area contributed by atoms with Crippen LogP contribution in [0.25, 0.3) is 0 Å². The molecule has 9 rings (SSSR count). The molecule has 0 radical (unpaired) electrons. The van der Waals surface area contributed by atoms with Crippen LogP contribution in [-0.2, 0) is 22.6 Å². The Hall–Kier alpha value is -5.24. The van der Waals surface area contributed by atoms with Crippen LogP contribution in [0.15, 0.2) is 273 Å². The maximum absolute atomic E-state index is 8.65. The molecule has 0 amide bonds. The average Bonchev–Trinajstić information content (AvgIpc) is 3.33. The predicted octanol–water partition coefficient (Wildman–Crippen LogP) is 10.4. The van der Waals surface area contributed by atoms with Gasteiger partial charge in [-0.3, -0.25) is 0 Å². The van der Waals surface area contributed by atoms with Crippen LogP contribution in [0.1, 0.15) is 0 Å². The van der Waals surface area contributed by atoms with E-state index in [2.05, 4.69) is 273 Å². The van der Waals surface area contributed by atoms with Crippen molar-refractivity contribution in [3.63, 3.8) is 0 Å². The Morgan fingerprint density at radius 1 is 0.230 bits per heavy atom. The van der Waals surface area contributed by atoms with E-state index in [1.807, 2.05) is 0 Å². The summed E-state index contributed by atoms with van der Waals surface area (Å²) in [6, 6.07) is 97.0. The Kier molecular flexibility index (Phi) is 20.6. The Morgan fingerprint density at radius 2 is 0.311 bits per heavy atom. The smallest absolute Gasteiger partial charge is 0.0134 e. The van der Waals surface area contributed by atoms with Gasteiger partial charge in [0.05, 0.1) is 0 Å². The van der Waals surface area contributed by atoms with Crippen molar-refractivity contribution in [3.05, 3.63) is 273 Å². The minimum atomic E-state index is -0.446. The first-order chi connectivity index (χ1) is 29.8. The number of hydrogen-bond acceptors (Lipinski definition) is 1. The van der Waals surface area contributed by atoms with E-state index in [1.54, 1.807) is 17.9 Å². The Labute approximate surface area is 381 Å². The van der Waals surface area contributed by atoms with Crippen molar-refractivity contribution in [1.29, 1.82) is 0 Å². The summed E-state index contributed by atoms with van der Waals surface area (Å²) in [5, 5.41) is 12.6. The van der Waals surface area contributed by atoms with E-state index in [-0.39, 0.29) is 12.4 Å². The van der Waals surface area contributed by atoms with E-state index >= 15 is 0 Å². The minimum Gasteiger partial charge on any atom is -0.0622 e. The molecule has 0 fully saturated rings. The van der Waals surface area contributed by atoms with Gasteiger partial charge in [-0.2, -0.15) is 0 Å². The third kappa shape index (κ3) is 14.4. The van der Waals surface area contributed by atoms with Crippen LogP contribution in [0.2, 0.25) is 0 Å². The van der Waals surface area contributed by atoms with Crippen molar-refractivity contribution in [2.45, 2.75) is 0 Å². The van der Waals surface area contributed by atoms with Crippen LogP contribution < -0.4 is 47.7 Å². The molecule has 0 N–H and O–H groups in total. The normalized spacial score (nSPS) is 10.0. The van der Waals surface area contributed by atoms with Gasteiger partial charge in [0.15, 0.2) is 0 Å². The predicted molar refractivity (Wildman–Crippen MR) is 268 cm³/mol. The first kappa shape index (κ1) is 46.8. The molecule has 0 aliphatic heterocycles. The topological polar surface area (TPSA) is 17.1 Å². The summed E-state index contributed by atoms with van der Waals surface area (Å²) in [4.78, 5) is 8.65. The van der Waals surface area contributed by atoms with E-state index in [4.69, 9.17) is 4.79 Å². The number of halogens is 1. The second kappa shape index (κ2) is 26.9. The largest absolute Gasteiger partial charge is 0.0622 e. The minimum absolute atomic E-state index is 0.